The molecule has 0 aromatic rings. The summed E-state index contributed by atoms with van der Waals surface area (Å²) in [6.07, 6.45) is 1.68. The Kier molecular flexibility index (Phi) is 3.40. The van der Waals surface area contributed by atoms with E-state index in [9.17, 15) is 0 Å². The van der Waals surface area contributed by atoms with Gasteiger partial charge in [-0.05, 0) is 31.7 Å². The van der Waals surface area contributed by atoms with Gasteiger partial charge in [0, 0.05) is 7.63 Å². The molecule has 0 spiro atoms. The molecule has 0 aliphatic carbocycles. The normalized spacial score (nSPS) is 10.8. The van der Waals surface area contributed by atoms with E-state index < -0.39 is 0 Å². The van der Waals surface area contributed by atoms with Gasteiger partial charge in [-0.1, -0.05) is 18.7 Å². The summed E-state index contributed by atoms with van der Waals surface area (Å²) in [4.78, 5) is 3.63. The maximum absolute atomic E-state index is 3.82. The molecule has 0 aliphatic heterocycles. The molecular formula is C9H15N. The molecule has 1 heteroatoms. The molecule has 0 unspecified atom stereocenters. The van der Waals surface area contributed by atoms with Crippen LogP contribution in [0.1, 0.15) is 15.3 Å². The van der Waals surface area contributed by atoms with Gasteiger partial charge in [-0.3, -0.25) is 4.99 Å². The Bertz CT molecular complexity index is 202. The van der Waals surface area contributed by atoms with Gasteiger partial charge >= 0.3 is 0 Å². The van der Waals surface area contributed by atoms with Gasteiger partial charge < -0.3 is 0 Å². The monoisotopic (exact) mass is 137 g/mol. The second-order valence-electron chi connectivity index (χ2n) is 2.25. The Balaban J connectivity index is 0. The lowest BCUT2D eigenvalue weighted by Crippen LogP contribution is -1.82. The summed E-state index contributed by atoms with van der Waals surface area (Å²) < 4.78 is 0. The van der Waals surface area contributed by atoms with Crippen molar-refractivity contribution in [2.24, 2.45) is 4.99 Å². The minimum Gasteiger partial charge on any atom is -0.272 e. The number of hydrogen-bond acceptors (Lipinski definition) is 1. The molecule has 0 amide bonds. The van der Waals surface area contributed by atoms with Crippen LogP contribution in [0.3, 0.4) is 0 Å². The maximum Gasteiger partial charge on any atom is 0.0295 e. The molecule has 0 radical (unpaired) electrons. The predicted molar refractivity (Wildman–Crippen MR) is 49.4 cm³/mol. The van der Waals surface area contributed by atoms with E-state index in [-0.39, 0.29) is 1.43 Å². The van der Waals surface area contributed by atoms with Crippen LogP contribution in [0, 0.1) is 0 Å². The lowest BCUT2D eigenvalue weighted by molar-refractivity contribution is 1.32. The Hall–Kier alpha value is -1.11. The zero-order valence-corrected chi connectivity index (χ0v) is 6.65. The Labute approximate surface area is 64.0 Å². The van der Waals surface area contributed by atoms with Gasteiger partial charge in [0.05, 0.1) is 0 Å². The first-order valence-corrected chi connectivity index (χ1v) is 3.07. The second kappa shape index (κ2) is 3.83. The fourth-order valence-electron chi connectivity index (χ4n) is 0.551. The van der Waals surface area contributed by atoms with Gasteiger partial charge in [0.25, 0.3) is 0 Å². The molecule has 1 nitrogen and oxygen atoms in total. The van der Waals surface area contributed by atoms with E-state index in [1.54, 1.807) is 6.20 Å². The van der Waals surface area contributed by atoms with Crippen molar-refractivity contribution < 1.29 is 1.43 Å². The zero-order valence-electron chi connectivity index (χ0n) is 6.65. The van der Waals surface area contributed by atoms with Gasteiger partial charge in [-0.2, -0.15) is 0 Å². The fourth-order valence-corrected chi connectivity index (χ4v) is 0.551. The molecular weight excluding hydrogens is 122 g/mol. The minimum atomic E-state index is 0. The van der Waals surface area contributed by atoms with Crippen molar-refractivity contribution in [3.63, 3.8) is 0 Å². The fraction of sp³-hybridized carbons (Fsp3) is 0.222. The summed E-state index contributed by atoms with van der Waals surface area (Å²) in [7, 11) is 0. The van der Waals surface area contributed by atoms with Gasteiger partial charge in [0.15, 0.2) is 0 Å². The maximum atomic E-state index is 3.82. The number of rotatable bonds is 3. The minimum absolute atomic E-state index is 0. The topological polar surface area (TPSA) is 12.4 Å². The van der Waals surface area contributed by atoms with Crippen molar-refractivity contribution in [1.29, 1.82) is 0 Å². The van der Waals surface area contributed by atoms with Crippen molar-refractivity contribution in [3.05, 3.63) is 36.1 Å². The molecule has 0 heterocycles. The van der Waals surface area contributed by atoms with Crippen LogP contribution >= 0.6 is 0 Å². The van der Waals surface area contributed by atoms with Crippen LogP contribution in [0.15, 0.2) is 41.1 Å². The van der Waals surface area contributed by atoms with Gasteiger partial charge in [-0.15, -0.1) is 0 Å². The first-order valence-electron chi connectivity index (χ1n) is 3.07. The van der Waals surface area contributed by atoms with E-state index in [1.165, 1.54) is 0 Å². The molecule has 0 fully saturated rings. The Morgan fingerprint density at radius 1 is 1.40 bits per heavy atom. The van der Waals surface area contributed by atoms with E-state index in [1.807, 2.05) is 13.8 Å². The Morgan fingerprint density at radius 2 is 1.90 bits per heavy atom. The second-order valence-corrected chi connectivity index (χ2v) is 2.25. The average molecular weight is 137 g/mol. The molecule has 56 valence electrons. The van der Waals surface area contributed by atoms with Crippen LogP contribution in [0.4, 0.5) is 0 Å². The first kappa shape index (κ1) is 8.89. The van der Waals surface area contributed by atoms with Crippen molar-refractivity contribution in [1.82, 2.24) is 0 Å². The standard InChI is InChI=1S/C9H13N.H2/c1-7(2)9(4)8(3)6-10-5;/h6H,1,4-5H2,2-3H3;1H/b8-6-;. The number of aliphatic imine (C=N–C) groups is 1. The van der Waals surface area contributed by atoms with Crippen LogP contribution in [-0.4, -0.2) is 6.72 Å². The lowest BCUT2D eigenvalue weighted by Gasteiger charge is -2.01. The summed E-state index contributed by atoms with van der Waals surface area (Å²) in [5, 5.41) is 0. The highest BCUT2D eigenvalue weighted by Gasteiger charge is 1.94. The summed E-state index contributed by atoms with van der Waals surface area (Å²) in [5.74, 6) is 0. The molecule has 0 atom stereocenters. The molecule has 0 aromatic heterocycles. The third kappa shape index (κ3) is 2.44. The van der Waals surface area contributed by atoms with Crippen LogP contribution in [0.25, 0.3) is 0 Å². The molecule has 0 N–H and O–H groups in total. The summed E-state index contributed by atoms with van der Waals surface area (Å²) in [5.41, 5.74) is 2.92. The largest absolute Gasteiger partial charge is 0.272 e. The Morgan fingerprint density at radius 3 is 2.20 bits per heavy atom. The van der Waals surface area contributed by atoms with E-state index in [0.29, 0.717) is 0 Å². The SMILES string of the molecule is C=N/C=C(/C)C(=C)C(=C)C.[HH]. The van der Waals surface area contributed by atoms with E-state index in [0.717, 1.165) is 16.7 Å². The summed E-state index contributed by atoms with van der Waals surface area (Å²) in [6.45, 7) is 14.8. The third-order valence-corrected chi connectivity index (χ3v) is 1.28. The lowest BCUT2D eigenvalue weighted by atomic mass is 10.1. The quantitative estimate of drug-likeness (QED) is 0.419. The number of nitrogens with zero attached hydrogens (tertiary/aromatic N) is 1. The van der Waals surface area contributed by atoms with Crippen LogP contribution in [-0.2, 0) is 0 Å². The highest BCUT2D eigenvalue weighted by atomic mass is 14.6. The number of allylic oxidation sites excluding steroid dienone is 3. The van der Waals surface area contributed by atoms with E-state index >= 15 is 0 Å². The molecule has 0 rings (SSSR count). The third-order valence-electron chi connectivity index (χ3n) is 1.28. The van der Waals surface area contributed by atoms with Crippen LogP contribution in [0.5, 0.6) is 0 Å². The van der Waals surface area contributed by atoms with Crippen molar-refractivity contribution >= 4 is 6.72 Å². The zero-order chi connectivity index (χ0) is 8.15. The molecule has 0 saturated heterocycles. The highest BCUT2D eigenvalue weighted by Crippen LogP contribution is 2.13. The molecule has 0 saturated carbocycles. The van der Waals surface area contributed by atoms with Gasteiger partial charge in [0.1, 0.15) is 0 Å². The van der Waals surface area contributed by atoms with Crippen LogP contribution in [0.2, 0.25) is 0 Å². The predicted octanol–water partition coefficient (Wildman–Crippen LogP) is 2.97. The molecule has 0 bridgehead atoms. The van der Waals surface area contributed by atoms with E-state index in [4.69, 9.17) is 0 Å². The van der Waals surface area contributed by atoms with Gasteiger partial charge in [-0.25, -0.2) is 0 Å². The average Bonchev–Trinajstić information content (AvgIpc) is 1.87. The first-order chi connectivity index (χ1) is 4.59. The summed E-state index contributed by atoms with van der Waals surface area (Å²) in [6, 6.07) is 0. The smallest absolute Gasteiger partial charge is 0.0295 e. The van der Waals surface area contributed by atoms with Crippen molar-refractivity contribution in [2.75, 3.05) is 0 Å². The number of hydrogen-bond donors (Lipinski definition) is 0. The van der Waals surface area contributed by atoms with Crippen molar-refractivity contribution in [3.8, 4) is 0 Å². The molecule has 0 aliphatic rings. The van der Waals surface area contributed by atoms with E-state index in [2.05, 4.69) is 24.9 Å². The summed E-state index contributed by atoms with van der Waals surface area (Å²) >= 11 is 0. The molecule has 0 aromatic carbocycles. The highest BCUT2D eigenvalue weighted by molar-refractivity contribution is 5.41. The van der Waals surface area contributed by atoms with Crippen molar-refractivity contribution in [2.45, 2.75) is 13.8 Å². The van der Waals surface area contributed by atoms with Crippen LogP contribution < -0.4 is 0 Å². The van der Waals surface area contributed by atoms with Gasteiger partial charge in [0.2, 0.25) is 0 Å². The molecule has 10 heavy (non-hydrogen) atoms.